The van der Waals surface area contributed by atoms with Gasteiger partial charge < -0.3 is 24.8 Å². The molecule has 0 fully saturated rings. The van der Waals surface area contributed by atoms with Gasteiger partial charge in [-0.15, -0.1) is 0 Å². The lowest BCUT2D eigenvalue weighted by atomic mass is 10.1. The molecule has 0 aromatic heterocycles. The van der Waals surface area contributed by atoms with Gasteiger partial charge in [-0.25, -0.2) is 4.79 Å². The highest BCUT2D eigenvalue weighted by molar-refractivity contribution is 5.89. The van der Waals surface area contributed by atoms with Crippen LogP contribution in [0.25, 0.3) is 0 Å². The predicted octanol–water partition coefficient (Wildman–Crippen LogP) is 2.50. The number of aliphatic hydroxyl groups excluding tert-OH is 1. The van der Waals surface area contributed by atoms with Gasteiger partial charge in [0, 0.05) is 19.1 Å². The first-order valence-corrected chi connectivity index (χ1v) is 9.51. The molecule has 152 valence electrons. The zero-order valence-corrected chi connectivity index (χ0v) is 16.8. The summed E-state index contributed by atoms with van der Waals surface area (Å²) >= 11 is 0. The summed E-state index contributed by atoms with van der Waals surface area (Å²) < 4.78 is 10.5. The third-order valence-electron chi connectivity index (χ3n) is 4.33. The Kier molecular flexibility index (Phi) is 8.94. The van der Waals surface area contributed by atoms with Crippen LogP contribution < -0.4 is 10.1 Å². The zero-order chi connectivity index (χ0) is 20.4. The summed E-state index contributed by atoms with van der Waals surface area (Å²) in [5, 5.41) is 13.5. The number of ether oxygens (including phenoxy) is 2. The van der Waals surface area contributed by atoms with Crippen LogP contribution in [0.15, 0.2) is 54.6 Å². The summed E-state index contributed by atoms with van der Waals surface area (Å²) in [5.74, 6) is 0.245. The molecule has 0 aliphatic heterocycles. The van der Waals surface area contributed by atoms with Gasteiger partial charge in [0.15, 0.2) is 0 Å². The maximum absolute atomic E-state index is 11.6. The molecule has 0 unspecified atom stereocenters. The van der Waals surface area contributed by atoms with Gasteiger partial charge in [-0.05, 0) is 50.8 Å². The molecule has 2 aromatic rings. The SMILES string of the molecule is CCOC(=O)c1ccc(OC[C@@H](O)CNC[C@@H](c2ccccc2)N(C)C)cc1. The Labute approximate surface area is 167 Å². The summed E-state index contributed by atoms with van der Waals surface area (Å²) in [4.78, 5) is 13.8. The van der Waals surface area contributed by atoms with E-state index in [1.54, 1.807) is 31.2 Å². The minimum atomic E-state index is -0.636. The molecule has 2 aromatic carbocycles. The molecule has 0 saturated carbocycles. The first kappa shape index (κ1) is 21.9. The third-order valence-corrected chi connectivity index (χ3v) is 4.33. The second kappa shape index (κ2) is 11.4. The predicted molar refractivity (Wildman–Crippen MR) is 110 cm³/mol. The van der Waals surface area contributed by atoms with Crippen molar-refractivity contribution in [2.24, 2.45) is 0 Å². The molecular weight excluding hydrogens is 356 g/mol. The fourth-order valence-corrected chi connectivity index (χ4v) is 2.81. The van der Waals surface area contributed by atoms with E-state index in [-0.39, 0.29) is 18.6 Å². The van der Waals surface area contributed by atoms with Gasteiger partial charge in [-0.1, -0.05) is 30.3 Å². The molecule has 6 heteroatoms. The molecule has 0 heterocycles. The lowest BCUT2D eigenvalue weighted by Gasteiger charge is -2.25. The highest BCUT2D eigenvalue weighted by atomic mass is 16.5. The van der Waals surface area contributed by atoms with Crippen molar-refractivity contribution in [3.8, 4) is 5.75 Å². The van der Waals surface area contributed by atoms with E-state index in [4.69, 9.17) is 9.47 Å². The highest BCUT2D eigenvalue weighted by Gasteiger charge is 2.14. The van der Waals surface area contributed by atoms with E-state index < -0.39 is 6.10 Å². The van der Waals surface area contributed by atoms with Crippen molar-refractivity contribution in [3.63, 3.8) is 0 Å². The first-order chi connectivity index (χ1) is 13.5. The summed E-state index contributed by atoms with van der Waals surface area (Å²) in [6.45, 7) is 3.44. The summed E-state index contributed by atoms with van der Waals surface area (Å²) in [6, 6.07) is 17.2. The average Bonchev–Trinajstić information content (AvgIpc) is 2.70. The largest absolute Gasteiger partial charge is 0.491 e. The molecule has 2 N–H and O–H groups in total. The van der Waals surface area contributed by atoms with Gasteiger partial charge >= 0.3 is 5.97 Å². The molecule has 0 spiro atoms. The van der Waals surface area contributed by atoms with Crippen molar-refractivity contribution in [1.29, 1.82) is 0 Å². The number of carbonyl (C=O) groups excluding carboxylic acids is 1. The van der Waals surface area contributed by atoms with Crippen molar-refractivity contribution in [3.05, 3.63) is 65.7 Å². The molecule has 0 aliphatic carbocycles. The van der Waals surface area contributed by atoms with Crippen LogP contribution in [0.5, 0.6) is 5.75 Å². The van der Waals surface area contributed by atoms with Crippen LogP contribution in [0.4, 0.5) is 0 Å². The molecule has 6 nitrogen and oxygen atoms in total. The molecule has 0 aliphatic rings. The molecule has 28 heavy (non-hydrogen) atoms. The number of hydrogen-bond acceptors (Lipinski definition) is 6. The Hall–Kier alpha value is -2.41. The van der Waals surface area contributed by atoms with Crippen molar-refractivity contribution < 1.29 is 19.4 Å². The summed E-state index contributed by atoms with van der Waals surface area (Å²) in [7, 11) is 4.08. The van der Waals surface area contributed by atoms with Crippen molar-refractivity contribution in [1.82, 2.24) is 10.2 Å². The van der Waals surface area contributed by atoms with Gasteiger partial charge in [0.25, 0.3) is 0 Å². The number of aliphatic hydroxyl groups is 1. The number of carbonyl (C=O) groups is 1. The first-order valence-electron chi connectivity index (χ1n) is 9.51. The smallest absolute Gasteiger partial charge is 0.338 e. The van der Waals surface area contributed by atoms with Crippen LogP contribution >= 0.6 is 0 Å². The number of benzene rings is 2. The van der Waals surface area contributed by atoms with E-state index in [2.05, 4.69) is 22.3 Å². The number of nitrogens with one attached hydrogen (secondary N) is 1. The van der Waals surface area contributed by atoms with Crippen molar-refractivity contribution >= 4 is 5.97 Å². The van der Waals surface area contributed by atoms with Gasteiger partial charge in [-0.2, -0.15) is 0 Å². The fraction of sp³-hybridized carbons (Fsp3) is 0.409. The average molecular weight is 386 g/mol. The zero-order valence-electron chi connectivity index (χ0n) is 16.8. The Morgan fingerprint density at radius 1 is 1.07 bits per heavy atom. The minimum absolute atomic E-state index is 0.170. The van der Waals surface area contributed by atoms with E-state index in [0.29, 0.717) is 24.5 Å². The molecule has 0 bridgehead atoms. The summed E-state index contributed by atoms with van der Waals surface area (Å²) in [6.07, 6.45) is -0.636. The lowest BCUT2D eigenvalue weighted by molar-refractivity contribution is 0.0526. The van der Waals surface area contributed by atoms with Crippen LogP contribution in [0.2, 0.25) is 0 Å². The minimum Gasteiger partial charge on any atom is -0.491 e. The normalized spacial score (nSPS) is 13.2. The molecular formula is C22H30N2O4. The Bertz CT molecular complexity index is 704. The molecule has 0 saturated heterocycles. The van der Waals surface area contributed by atoms with E-state index >= 15 is 0 Å². The van der Waals surface area contributed by atoms with Gasteiger partial charge in [0.1, 0.15) is 18.5 Å². The lowest BCUT2D eigenvalue weighted by Crippen LogP contribution is -2.37. The maximum Gasteiger partial charge on any atom is 0.338 e. The van der Waals surface area contributed by atoms with E-state index in [1.807, 2.05) is 32.3 Å². The Balaban J connectivity index is 1.75. The second-order valence-corrected chi connectivity index (χ2v) is 6.76. The van der Waals surface area contributed by atoms with Gasteiger partial charge in [0.2, 0.25) is 0 Å². The standard InChI is InChI=1S/C22H30N2O4/c1-4-27-22(26)18-10-12-20(13-11-18)28-16-19(25)14-23-15-21(24(2)3)17-8-6-5-7-9-17/h5-13,19,21,23,25H,4,14-16H2,1-3H3/t19-,21-/m0/s1. The highest BCUT2D eigenvalue weighted by Crippen LogP contribution is 2.17. The van der Waals surface area contributed by atoms with Crippen LogP contribution in [-0.4, -0.2) is 62.5 Å². The fourth-order valence-electron chi connectivity index (χ4n) is 2.81. The number of hydrogen-bond donors (Lipinski definition) is 2. The molecule has 2 atom stereocenters. The second-order valence-electron chi connectivity index (χ2n) is 6.76. The quantitative estimate of drug-likeness (QED) is 0.578. The number of likely N-dealkylation sites (N-methyl/N-ethyl adjacent to an activating group) is 1. The summed E-state index contributed by atoms with van der Waals surface area (Å²) in [5.41, 5.74) is 1.71. The van der Waals surface area contributed by atoms with Crippen molar-refractivity contribution in [2.45, 2.75) is 19.1 Å². The molecule has 0 amide bonds. The van der Waals surface area contributed by atoms with E-state index in [9.17, 15) is 9.90 Å². The maximum atomic E-state index is 11.6. The van der Waals surface area contributed by atoms with Crippen LogP contribution in [0, 0.1) is 0 Å². The van der Waals surface area contributed by atoms with Crippen LogP contribution in [0.3, 0.4) is 0 Å². The van der Waals surface area contributed by atoms with Gasteiger partial charge in [-0.3, -0.25) is 0 Å². The molecule has 0 radical (unpaired) electrons. The Morgan fingerprint density at radius 2 is 1.75 bits per heavy atom. The van der Waals surface area contributed by atoms with Crippen LogP contribution in [0.1, 0.15) is 28.9 Å². The Morgan fingerprint density at radius 3 is 2.36 bits per heavy atom. The van der Waals surface area contributed by atoms with E-state index in [1.165, 1.54) is 5.56 Å². The third kappa shape index (κ3) is 6.96. The monoisotopic (exact) mass is 386 g/mol. The number of nitrogens with zero attached hydrogens (tertiary/aromatic N) is 1. The van der Waals surface area contributed by atoms with Crippen molar-refractivity contribution in [2.75, 3.05) is 40.4 Å². The number of rotatable bonds is 11. The van der Waals surface area contributed by atoms with Gasteiger partial charge in [0.05, 0.1) is 12.2 Å². The number of esters is 1. The van der Waals surface area contributed by atoms with E-state index in [0.717, 1.165) is 6.54 Å². The topological polar surface area (TPSA) is 71.0 Å². The molecule has 2 rings (SSSR count). The van der Waals surface area contributed by atoms with Crippen LogP contribution in [-0.2, 0) is 4.74 Å².